The number of aryl methyl sites for hydroxylation is 1. The van der Waals surface area contributed by atoms with Crippen LogP contribution in [0.25, 0.3) is 0 Å². The summed E-state index contributed by atoms with van der Waals surface area (Å²) in [6.45, 7) is 5.57. The first-order valence-corrected chi connectivity index (χ1v) is 9.59. The molecule has 2 aromatic rings. The maximum Gasteiger partial charge on any atom is 0.232 e. The Morgan fingerprint density at radius 1 is 1.00 bits per heavy atom. The van der Waals surface area contributed by atoms with E-state index in [0.717, 1.165) is 31.9 Å². The molecule has 0 radical (unpaired) electrons. The summed E-state index contributed by atoms with van der Waals surface area (Å²) in [5.41, 5.74) is 3.82. The molecule has 1 aliphatic heterocycles. The van der Waals surface area contributed by atoms with Gasteiger partial charge in [0.15, 0.2) is 0 Å². The van der Waals surface area contributed by atoms with E-state index in [2.05, 4.69) is 60.4 Å². The number of carbonyl (C=O) groups excluding carboxylic acids is 1. The van der Waals surface area contributed by atoms with Crippen molar-refractivity contribution in [1.82, 2.24) is 4.90 Å². The highest BCUT2D eigenvalue weighted by molar-refractivity contribution is 7.99. The van der Waals surface area contributed by atoms with E-state index in [4.69, 9.17) is 0 Å². The molecular weight excluding hydrogens is 316 g/mol. The summed E-state index contributed by atoms with van der Waals surface area (Å²) < 4.78 is 0. The predicted molar refractivity (Wildman–Crippen MR) is 103 cm³/mol. The minimum atomic E-state index is 0.264. The highest BCUT2D eigenvalue weighted by Crippen LogP contribution is 2.17. The second-order valence-corrected chi connectivity index (χ2v) is 7.17. The van der Waals surface area contributed by atoms with Crippen LogP contribution in [0.5, 0.6) is 0 Å². The molecule has 1 fully saturated rings. The minimum absolute atomic E-state index is 0.264. The number of nitrogens with zero attached hydrogens (tertiary/aromatic N) is 2. The molecule has 126 valence electrons. The number of carbonyl (C=O) groups is 1. The van der Waals surface area contributed by atoms with Crippen LogP contribution >= 0.6 is 11.8 Å². The number of amides is 1. The van der Waals surface area contributed by atoms with Crippen LogP contribution < -0.4 is 4.90 Å². The number of anilines is 1. The number of hydrogen-bond donors (Lipinski definition) is 0. The van der Waals surface area contributed by atoms with Gasteiger partial charge in [-0.3, -0.25) is 4.79 Å². The van der Waals surface area contributed by atoms with Crippen molar-refractivity contribution in [3.63, 3.8) is 0 Å². The fraction of sp³-hybridized carbons (Fsp3) is 0.350. The standard InChI is InChI=1S/C20H24N2OS/c1-17-6-5-7-18(14-17)15-24-16-20(23)22-12-10-21(11-13-22)19-8-3-2-4-9-19/h2-9,14H,10-13,15-16H2,1H3. The SMILES string of the molecule is Cc1cccc(CSCC(=O)N2CCN(c3ccccc3)CC2)c1. The maximum absolute atomic E-state index is 12.4. The van der Waals surface area contributed by atoms with E-state index in [1.165, 1.54) is 16.8 Å². The molecule has 3 nitrogen and oxygen atoms in total. The quantitative estimate of drug-likeness (QED) is 0.831. The Labute approximate surface area is 148 Å². The molecule has 0 saturated carbocycles. The third-order valence-corrected chi connectivity index (χ3v) is 5.32. The molecular formula is C20H24N2OS. The van der Waals surface area contributed by atoms with E-state index in [1.54, 1.807) is 11.8 Å². The Hall–Kier alpha value is -1.94. The van der Waals surface area contributed by atoms with E-state index >= 15 is 0 Å². The summed E-state index contributed by atoms with van der Waals surface area (Å²) in [4.78, 5) is 16.7. The van der Waals surface area contributed by atoms with Crippen molar-refractivity contribution >= 4 is 23.4 Å². The second kappa shape index (κ2) is 8.25. The van der Waals surface area contributed by atoms with E-state index in [1.807, 2.05) is 11.0 Å². The molecule has 0 spiro atoms. The van der Waals surface area contributed by atoms with Gasteiger partial charge >= 0.3 is 0 Å². The van der Waals surface area contributed by atoms with Crippen molar-refractivity contribution in [1.29, 1.82) is 0 Å². The molecule has 1 aliphatic rings. The number of hydrogen-bond acceptors (Lipinski definition) is 3. The molecule has 0 aliphatic carbocycles. The minimum Gasteiger partial charge on any atom is -0.368 e. The zero-order chi connectivity index (χ0) is 16.8. The lowest BCUT2D eigenvalue weighted by Gasteiger charge is -2.36. The van der Waals surface area contributed by atoms with Crippen molar-refractivity contribution in [3.8, 4) is 0 Å². The van der Waals surface area contributed by atoms with Gasteiger partial charge in [0.1, 0.15) is 0 Å². The molecule has 1 amide bonds. The van der Waals surface area contributed by atoms with E-state index in [0.29, 0.717) is 5.75 Å². The summed E-state index contributed by atoms with van der Waals surface area (Å²) in [7, 11) is 0. The van der Waals surface area contributed by atoms with Gasteiger partial charge < -0.3 is 9.80 Å². The smallest absolute Gasteiger partial charge is 0.232 e. The zero-order valence-electron chi connectivity index (χ0n) is 14.1. The van der Waals surface area contributed by atoms with Gasteiger partial charge in [-0.15, -0.1) is 11.8 Å². The number of piperazine rings is 1. The van der Waals surface area contributed by atoms with Crippen LogP contribution in [-0.2, 0) is 10.5 Å². The summed E-state index contributed by atoms with van der Waals surface area (Å²) in [5.74, 6) is 1.73. The van der Waals surface area contributed by atoms with Crippen LogP contribution in [0.2, 0.25) is 0 Å². The summed E-state index contributed by atoms with van der Waals surface area (Å²) in [6.07, 6.45) is 0. The first kappa shape index (κ1) is 16.9. The van der Waals surface area contributed by atoms with Crippen LogP contribution in [0, 0.1) is 6.92 Å². The Morgan fingerprint density at radius 2 is 1.75 bits per heavy atom. The van der Waals surface area contributed by atoms with E-state index in [-0.39, 0.29) is 5.91 Å². The lowest BCUT2D eigenvalue weighted by atomic mass is 10.2. The molecule has 1 saturated heterocycles. The fourth-order valence-corrected chi connectivity index (χ4v) is 3.88. The van der Waals surface area contributed by atoms with Gasteiger partial charge in [-0.1, -0.05) is 48.0 Å². The van der Waals surface area contributed by atoms with Gasteiger partial charge in [-0.25, -0.2) is 0 Å². The lowest BCUT2D eigenvalue weighted by Crippen LogP contribution is -2.49. The topological polar surface area (TPSA) is 23.6 Å². The average Bonchev–Trinajstić information content (AvgIpc) is 2.63. The summed E-state index contributed by atoms with van der Waals surface area (Å²) in [5, 5.41) is 0. The Bertz CT molecular complexity index is 666. The largest absolute Gasteiger partial charge is 0.368 e. The Morgan fingerprint density at radius 3 is 2.46 bits per heavy atom. The third kappa shape index (κ3) is 4.54. The number of rotatable bonds is 5. The summed E-state index contributed by atoms with van der Waals surface area (Å²) >= 11 is 1.71. The number of benzene rings is 2. The molecule has 0 aromatic heterocycles. The van der Waals surface area contributed by atoms with Crippen LogP contribution in [0.3, 0.4) is 0 Å². The number of thioether (sulfide) groups is 1. The first-order chi connectivity index (χ1) is 11.7. The zero-order valence-corrected chi connectivity index (χ0v) is 15.0. The molecule has 0 bridgehead atoms. The molecule has 0 unspecified atom stereocenters. The van der Waals surface area contributed by atoms with Gasteiger partial charge in [-0.2, -0.15) is 0 Å². The monoisotopic (exact) mass is 340 g/mol. The highest BCUT2D eigenvalue weighted by Gasteiger charge is 2.20. The van der Waals surface area contributed by atoms with Crippen molar-refractivity contribution in [3.05, 3.63) is 65.7 Å². The predicted octanol–water partition coefficient (Wildman–Crippen LogP) is 3.58. The van der Waals surface area contributed by atoms with Gasteiger partial charge in [0.05, 0.1) is 5.75 Å². The first-order valence-electron chi connectivity index (χ1n) is 8.43. The molecule has 4 heteroatoms. The van der Waals surface area contributed by atoms with Crippen LogP contribution in [0.1, 0.15) is 11.1 Å². The van der Waals surface area contributed by atoms with E-state index in [9.17, 15) is 4.79 Å². The Balaban J connectivity index is 1.42. The average molecular weight is 340 g/mol. The van der Waals surface area contributed by atoms with Gasteiger partial charge in [0.2, 0.25) is 5.91 Å². The maximum atomic E-state index is 12.4. The van der Waals surface area contributed by atoms with Gasteiger partial charge in [0.25, 0.3) is 0 Å². The van der Waals surface area contributed by atoms with Crippen LogP contribution in [0.4, 0.5) is 5.69 Å². The normalized spacial score (nSPS) is 14.7. The van der Waals surface area contributed by atoms with Gasteiger partial charge in [0, 0.05) is 37.6 Å². The van der Waals surface area contributed by atoms with Crippen molar-refractivity contribution < 1.29 is 4.79 Å². The van der Waals surface area contributed by atoms with Gasteiger partial charge in [-0.05, 0) is 24.6 Å². The van der Waals surface area contributed by atoms with Crippen molar-refractivity contribution in [2.24, 2.45) is 0 Å². The number of para-hydroxylation sites is 1. The molecule has 0 atom stereocenters. The molecule has 3 rings (SSSR count). The molecule has 2 aromatic carbocycles. The van der Waals surface area contributed by atoms with Crippen LogP contribution in [0.15, 0.2) is 54.6 Å². The third-order valence-electron chi connectivity index (χ3n) is 4.33. The lowest BCUT2D eigenvalue weighted by molar-refractivity contribution is -0.128. The fourth-order valence-electron chi connectivity index (χ4n) is 3.00. The second-order valence-electron chi connectivity index (χ2n) is 6.19. The molecule has 1 heterocycles. The Kier molecular flexibility index (Phi) is 5.81. The highest BCUT2D eigenvalue weighted by atomic mass is 32.2. The molecule has 24 heavy (non-hydrogen) atoms. The van der Waals surface area contributed by atoms with E-state index < -0.39 is 0 Å². The van der Waals surface area contributed by atoms with Crippen LogP contribution in [-0.4, -0.2) is 42.7 Å². The van der Waals surface area contributed by atoms with Crippen molar-refractivity contribution in [2.45, 2.75) is 12.7 Å². The summed E-state index contributed by atoms with van der Waals surface area (Å²) in [6, 6.07) is 18.9. The molecule has 0 N–H and O–H groups in total. The van der Waals surface area contributed by atoms with Crippen molar-refractivity contribution in [2.75, 3.05) is 36.8 Å².